The summed E-state index contributed by atoms with van der Waals surface area (Å²) in [4.78, 5) is 113. The van der Waals surface area contributed by atoms with Crippen molar-refractivity contribution in [3.63, 3.8) is 0 Å². The molecule has 0 radical (unpaired) electrons. The summed E-state index contributed by atoms with van der Waals surface area (Å²) < 4.78 is 19.0. The van der Waals surface area contributed by atoms with Gasteiger partial charge in [-0.2, -0.15) is 0 Å². The number of imidazole rings is 1. The van der Waals surface area contributed by atoms with Crippen LogP contribution in [0, 0.1) is 0 Å². The van der Waals surface area contributed by atoms with Crippen LogP contribution in [0.1, 0.15) is 117 Å². The van der Waals surface area contributed by atoms with Crippen LogP contribution in [0.3, 0.4) is 0 Å². The smallest absolute Gasteiger partial charge is 0.408 e. The minimum absolute atomic E-state index is 0.0527. The van der Waals surface area contributed by atoms with Gasteiger partial charge in [0.1, 0.15) is 47.0 Å². The second-order valence-corrected chi connectivity index (χ2v) is 22.7. The van der Waals surface area contributed by atoms with E-state index >= 15 is 0 Å². The number of carboxylic acids is 1. The minimum Gasteiger partial charge on any atom is -0.480 e. The molecule has 0 aliphatic rings. The Balaban J connectivity index is 1.36. The molecule has 20 heteroatoms. The number of nitrogens with zero attached hydrogens (tertiary/aromatic N) is 2. The van der Waals surface area contributed by atoms with Gasteiger partial charge in [0, 0.05) is 25.5 Å². The fourth-order valence-corrected chi connectivity index (χ4v) is 8.95. The van der Waals surface area contributed by atoms with E-state index in [-0.39, 0.29) is 25.7 Å². The third-order valence-corrected chi connectivity index (χ3v) is 12.4. The molecule has 20 nitrogen and oxygen atoms in total. The van der Waals surface area contributed by atoms with Crippen molar-refractivity contribution in [2.24, 2.45) is 0 Å². The van der Waals surface area contributed by atoms with E-state index < -0.39 is 113 Å². The van der Waals surface area contributed by atoms with Gasteiger partial charge in [0.05, 0.1) is 30.3 Å². The van der Waals surface area contributed by atoms with Crippen molar-refractivity contribution in [3.8, 4) is 0 Å². The number of ether oxygens (including phenoxy) is 3. The highest BCUT2D eigenvalue weighted by atomic mass is 16.6. The fourth-order valence-electron chi connectivity index (χ4n) is 8.95. The van der Waals surface area contributed by atoms with Crippen molar-refractivity contribution in [1.29, 1.82) is 0 Å². The first-order chi connectivity index (χ1) is 38.0. The summed E-state index contributed by atoms with van der Waals surface area (Å²) in [6, 6.07) is 31.3. The number of hydrogen-bond donors (Lipinski definition) is 7. The van der Waals surface area contributed by atoms with Gasteiger partial charge in [-0.15, -0.1) is 0 Å². The molecule has 0 unspecified atom stereocenters. The topological polar surface area (TPSA) is 274 Å². The van der Waals surface area contributed by atoms with Gasteiger partial charge >= 0.3 is 18.0 Å². The fraction of sp³-hybridized carbons (Fsp3) is 0.426. The third-order valence-electron chi connectivity index (χ3n) is 12.4. The molecule has 7 N–H and O–H groups in total. The van der Waals surface area contributed by atoms with Gasteiger partial charge in [0.15, 0.2) is 0 Å². The van der Waals surface area contributed by atoms with E-state index in [1.165, 1.54) is 13.8 Å². The van der Waals surface area contributed by atoms with Crippen LogP contribution in [0.2, 0.25) is 0 Å². The summed E-state index contributed by atoms with van der Waals surface area (Å²) in [5, 5.41) is 25.4. The number of carbonyl (C=O) groups excluding carboxylic acids is 7. The van der Waals surface area contributed by atoms with E-state index in [0.717, 1.165) is 16.7 Å². The molecule has 1 aromatic heterocycles. The second kappa shape index (κ2) is 28.2. The van der Waals surface area contributed by atoms with Gasteiger partial charge in [-0.3, -0.25) is 28.8 Å². The molecule has 6 atom stereocenters. The normalized spacial score (nSPS) is 14.1. The van der Waals surface area contributed by atoms with E-state index in [1.54, 1.807) is 105 Å². The largest absolute Gasteiger partial charge is 0.480 e. The first kappa shape index (κ1) is 63.4. The molecule has 5 aromatic rings. The van der Waals surface area contributed by atoms with Crippen LogP contribution in [0.15, 0.2) is 134 Å². The Morgan fingerprint density at radius 2 is 1.06 bits per heavy atom. The number of carbonyl (C=O) groups is 8. The zero-order valence-corrected chi connectivity index (χ0v) is 48.0. The molecule has 0 spiro atoms. The summed E-state index contributed by atoms with van der Waals surface area (Å²) in [5.74, 6) is -6.31. The summed E-state index contributed by atoms with van der Waals surface area (Å²) in [6.07, 6.45) is 0.669. The average Bonchev–Trinajstić information content (AvgIpc) is 3.93. The van der Waals surface area contributed by atoms with Crippen molar-refractivity contribution in [1.82, 2.24) is 41.5 Å². The van der Waals surface area contributed by atoms with Crippen molar-refractivity contribution >= 4 is 47.6 Å². The predicted molar refractivity (Wildman–Crippen MR) is 303 cm³/mol. The van der Waals surface area contributed by atoms with Crippen LogP contribution in [0.25, 0.3) is 0 Å². The molecule has 0 fully saturated rings. The maximum absolute atomic E-state index is 14.4. The van der Waals surface area contributed by atoms with Gasteiger partial charge in [0.25, 0.3) is 0 Å². The molecule has 5 rings (SSSR count). The van der Waals surface area contributed by atoms with Gasteiger partial charge in [-0.05, 0) is 105 Å². The molecule has 0 saturated carbocycles. The van der Waals surface area contributed by atoms with Crippen LogP contribution < -0.4 is 31.9 Å². The Bertz CT molecular complexity index is 2820. The van der Waals surface area contributed by atoms with E-state index in [9.17, 15) is 43.5 Å². The highest BCUT2D eigenvalue weighted by molar-refractivity contribution is 5.96. The second-order valence-electron chi connectivity index (χ2n) is 22.7. The van der Waals surface area contributed by atoms with E-state index in [4.69, 9.17) is 19.2 Å². The molecule has 0 aliphatic carbocycles. The van der Waals surface area contributed by atoms with Crippen molar-refractivity contribution in [2.75, 3.05) is 6.54 Å². The van der Waals surface area contributed by atoms with Crippen LogP contribution in [0.5, 0.6) is 0 Å². The third kappa shape index (κ3) is 19.4. The lowest BCUT2D eigenvalue weighted by atomic mass is 9.77. The Labute approximate surface area is 473 Å². The van der Waals surface area contributed by atoms with Gasteiger partial charge < -0.3 is 55.8 Å². The number of benzene rings is 4. The van der Waals surface area contributed by atoms with E-state index in [1.807, 2.05) is 95.6 Å². The van der Waals surface area contributed by atoms with Gasteiger partial charge in [-0.1, -0.05) is 121 Å². The molecule has 0 aliphatic heterocycles. The average molecular weight is 1120 g/mol. The van der Waals surface area contributed by atoms with Crippen LogP contribution >= 0.6 is 0 Å². The molecule has 4 aromatic carbocycles. The lowest BCUT2D eigenvalue weighted by Crippen LogP contribution is -2.59. The highest BCUT2D eigenvalue weighted by Gasteiger charge is 2.40. The van der Waals surface area contributed by atoms with Crippen molar-refractivity contribution in [3.05, 3.63) is 162 Å². The summed E-state index contributed by atoms with van der Waals surface area (Å²) >= 11 is 0. The molecule has 6 amide bonds. The van der Waals surface area contributed by atoms with Crippen molar-refractivity contribution < 1.29 is 57.7 Å². The number of alkyl carbamates (subject to hydrolysis) is 1. The maximum atomic E-state index is 14.4. The Kier molecular flexibility index (Phi) is 22.1. The minimum atomic E-state index is -1.48. The highest BCUT2D eigenvalue weighted by Crippen LogP contribution is 2.41. The zero-order chi connectivity index (χ0) is 59.7. The summed E-state index contributed by atoms with van der Waals surface area (Å²) in [5.41, 5.74) is 0.240. The molecule has 1 heterocycles. The Morgan fingerprint density at radius 3 is 1.56 bits per heavy atom. The lowest BCUT2D eigenvalue weighted by Gasteiger charge is -2.37. The predicted octanol–water partition coefficient (Wildman–Crippen LogP) is 5.89. The van der Waals surface area contributed by atoms with Crippen LogP contribution in [-0.2, 0) is 66.2 Å². The van der Waals surface area contributed by atoms with Gasteiger partial charge in [-0.25, -0.2) is 14.6 Å². The Morgan fingerprint density at radius 1 is 0.556 bits per heavy atom. The number of carboxylic acid groups (broad SMARTS) is 1. The van der Waals surface area contributed by atoms with Crippen LogP contribution in [-0.4, -0.2) is 122 Å². The number of aliphatic carboxylic acids is 1. The quantitative estimate of drug-likeness (QED) is 0.0266. The molecule has 0 bridgehead atoms. The number of esters is 1. The first-order valence-electron chi connectivity index (χ1n) is 26.9. The first-order valence-corrected chi connectivity index (χ1v) is 26.9. The molecule has 81 heavy (non-hydrogen) atoms. The number of aromatic nitrogens is 2. The number of rotatable bonds is 25. The molecular weight excluding hydrogens is 1040 g/mol. The van der Waals surface area contributed by atoms with Gasteiger partial charge in [0.2, 0.25) is 29.5 Å². The maximum Gasteiger partial charge on any atom is 0.408 e. The molecular formula is C61H78N8O12. The summed E-state index contributed by atoms with van der Waals surface area (Å²) in [7, 11) is 0. The number of amides is 6. The standard InChI is InChI=1S/C61H78N8O12/c1-39(64-54(74)47(67-57(78)81-60(9,10)11)35-45-37-69(38-63-45)61(42-26-18-13-19-27-42,43-28-20-14-21-29-43)44-30-22-15-23-31-44)52(72)65-46(32-33-50(71)80-59(6,7)8)53(73)62-36-49(70)68-51(40(2)79-58(3,4)5)55(75)66-48(56(76)77)34-41-24-16-12-17-25-41/h12-31,37-40,46-48,51H,32-36H2,1-11H3,(H,62,73)(H,64,74)(H,65,72)(H,66,75)(H,67,78)(H,68,70)(H,76,77)/t39-,40+,46-,47-,48-,51-/m0/s1. The zero-order valence-electron chi connectivity index (χ0n) is 48.0. The lowest BCUT2D eigenvalue weighted by molar-refractivity contribution is -0.155. The van der Waals surface area contributed by atoms with E-state index in [2.05, 4.69) is 31.9 Å². The monoisotopic (exact) mass is 1110 g/mol. The number of nitrogens with one attached hydrogen (secondary N) is 6. The Hall–Kier alpha value is -8.39. The van der Waals surface area contributed by atoms with Crippen LogP contribution in [0.4, 0.5) is 4.79 Å². The van der Waals surface area contributed by atoms with Crippen molar-refractivity contribution in [2.45, 2.75) is 160 Å². The summed E-state index contributed by atoms with van der Waals surface area (Å²) in [6.45, 7) is 17.3. The number of hydrogen-bond acceptors (Lipinski definition) is 12. The van der Waals surface area contributed by atoms with E-state index in [0.29, 0.717) is 11.3 Å². The molecule has 0 saturated heterocycles. The SMILES string of the molecule is C[C@H](NC(=O)[C@H](Cc1cn(C(c2ccccc2)(c2ccccc2)c2ccccc2)cn1)NC(=O)OC(C)(C)C)C(=O)N[C@@H](CCC(=O)OC(C)(C)C)C(=O)NCC(=O)N[C@H](C(=O)N[C@@H](Cc1ccccc1)C(=O)O)[C@@H](C)OC(C)(C)C. The molecule has 434 valence electrons.